The lowest BCUT2D eigenvalue weighted by molar-refractivity contribution is -0.0995. The molecule has 2 heterocycles. The molecule has 8 nitrogen and oxygen atoms in total. The molecule has 1 aliphatic rings. The molecule has 1 aliphatic heterocycles. The Kier molecular flexibility index (Phi) is 7.66. The molecule has 4 N–H and O–H groups in total. The lowest BCUT2D eigenvalue weighted by Crippen LogP contribution is -2.67. The molecule has 1 unspecified atom stereocenters. The number of hydrogen-bond donors (Lipinski definition) is 3. The third-order valence-corrected chi connectivity index (χ3v) is 4.53. The number of nitrogens with zero attached hydrogens (tertiary/aromatic N) is 2. The summed E-state index contributed by atoms with van der Waals surface area (Å²) in [5.74, 6) is -0.513. The molecule has 1 atom stereocenters. The summed E-state index contributed by atoms with van der Waals surface area (Å²) in [7, 11) is 0. The molecule has 10 heteroatoms. The maximum atomic E-state index is 6.21. The van der Waals surface area contributed by atoms with Gasteiger partial charge >= 0.3 is 0 Å². The molecule has 2 rings (SSSR count). The quantitative estimate of drug-likeness (QED) is 0.494. The Morgan fingerprint density at radius 3 is 2.30 bits per heavy atom. The summed E-state index contributed by atoms with van der Waals surface area (Å²) in [6.45, 7) is 10.8. The molecule has 1 aromatic heterocycles. The largest absolute Gasteiger partial charge is 0.376 e. The maximum absolute atomic E-state index is 6.21. The van der Waals surface area contributed by atoms with Crippen molar-refractivity contribution in [3.63, 3.8) is 0 Å². The van der Waals surface area contributed by atoms with Gasteiger partial charge in [-0.25, -0.2) is 4.98 Å². The van der Waals surface area contributed by atoms with E-state index in [2.05, 4.69) is 15.6 Å². The third kappa shape index (κ3) is 5.90. The summed E-state index contributed by atoms with van der Waals surface area (Å²) >= 11 is 10.7. The van der Waals surface area contributed by atoms with Crippen molar-refractivity contribution in [1.82, 2.24) is 14.9 Å². The number of rotatable bonds is 10. The average molecular weight is 416 g/mol. The molecule has 0 aliphatic carbocycles. The highest BCUT2D eigenvalue weighted by Crippen LogP contribution is 2.23. The number of imidazole rings is 1. The number of hydrogen-bond acceptors (Lipinski definition) is 8. The van der Waals surface area contributed by atoms with Crippen LogP contribution in [0.4, 0.5) is 5.82 Å². The smallest absolute Gasteiger partial charge is 0.197 e. The van der Waals surface area contributed by atoms with E-state index in [9.17, 15) is 0 Å². The van der Waals surface area contributed by atoms with E-state index in [1.54, 1.807) is 13.3 Å². The van der Waals surface area contributed by atoms with Crippen LogP contribution in [0.2, 0.25) is 0 Å². The van der Waals surface area contributed by atoms with Crippen LogP contribution in [0.25, 0.3) is 0 Å². The van der Waals surface area contributed by atoms with Crippen LogP contribution in [-0.2, 0) is 20.9 Å². The van der Waals surface area contributed by atoms with E-state index in [0.717, 1.165) is 0 Å². The number of ether oxygens (including phenoxy) is 3. The lowest BCUT2D eigenvalue weighted by atomic mass is 10.2. The van der Waals surface area contributed by atoms with E-state index in [1.807, 2.05) is 32.3 Å². The van der Waals surface area contributed by atoms with Gasteiger partial charge in [0.05, 0.1) is 36.6 Å². The normalized spacial score (nSPS) is 19.4. The minimum atomic E-state index is -1.09. The molecule has 0 spiro atoms. The molecule has 1 aromatic rings. The van der Waals surface area contributed by atoms with Gasteiger partial charge in [-0.3, -0.25) is 5.73 Å². The molecule has 0 radical (unpaired) electrons. The zero-order chi connectivity index (χ0) is 20.2. The molecule has 0 saturated carbocycles. The predicted octanol–water partition coefficient (Wildman–Crippen LogP) is 1.77. The van der Waals surface area contributed by atoms with Crippen molar-refractivity contribution in [3.05, 3.63) is 12.0 Å². The minimum absolute atomic E-state index is 0.118. The van der Waals surface area contributed by atoms with Gasteiger partial charge in [-0.2, -0.15) is 0 Å². The van der Waals surface area contributed by atoms with E-state index < -0.39 is 5.79 Å². The van der Waals surface area contributed by atoms with Crippen molar-refractivity contribution < 1.29 is 14.2 Å². The lowest BCUT2D eigenvalue weighted by Gasteiger charge is -2.36. The Morgan fingerprint density at radius 2 is 1.78 bits per heavy atom. The summed E-state index contributed by atoms with van der Waals surface area (Å²) < 4.78 is 19.2. The summed E-state index contributed by atoms with van der Waals surface area (Å²) in [4.78, 5) is 5.36. The molecule has 0 amide bonds. The van der Waals surface area contributed by atoms with Crippen LogP contribution < -0.4 is 16.4 Å². The molecule has 152 valence electrons. The number of nitrogens with two attached hydrogens (primary N) is 1. The van der Waals surface area contributed by atoms with E-state index in [4.69, 9.17) is 44.4 Å². The highest BCUT2D eigenvalue weighted by atomic mass is 32.1. The van der Waals surface area contributed by atoms with Crippen molar-refractivity contribution in [2.75, 3.05) is 18.5 Å². The fourth-order valence-electron chi connectivity index (χ4n) is 2.37. The molecular weight excluding hydrogens is 386 g/mol. The second-order valence-electron chi connectivity index (χ2n) is 7.04. The topological polar surface area (TPSA) is 95.6 Å². The molecule has 0 fully saturated rings. The van der Waals surface area contributed by atoms with E-state index >= 15 is 0 Å². The van der Waals surface area contributed by atoms with Gasteiger partial charge in [0, 0.05) is 0 Å². The molecule has 0 bridgehead atoms. The second-order valence-corrected chi connectivity index (χ2v) is 8.06. The summed E-state index contributed by atoms with van der Waals surface area (Å²) in [5.41, 5.74) is 6.91. The van der Waals surface area contributed by atoms with Crippen molar-refractivity contribution >= 4 is 40.1 Å². The van der Waals surface area contributed by atoms with E-state index in [0.29, 0.717) is 34.6 Å². The standard InChI is InChI=1S/C17H29N5O3S2/c1-10(2)23-6-13(7-24-11(3)4)25-9-22-8-19-15-14(22)16(27)21-17(18,20-15)12(5)26/h8,10-11,13,20H,6-7,9,18H2,1-5H3,(H,21,27). The van der Waals surface area contributed by atoms with Crippen LogP contribution in [0.1, 0.15) is 40.3 Å². The number of anilines is 1. The highest BCUT2D eigenvalue weighted by Gasteiger charge is 2.36. The van der Waals surface area contributed by atoms with Crippen molar-refractivity contribution in [1.29, 1.82) is 0 Å². The number of thiocarbonyl (C=S) groups is 2. The monoisotopic (exact) mass is 415 g/mol. The SMILES string of the molecule is CC(=S)C1(N)NC(=S)c2c(ncn2COC(COC(C)C)COC(C)C)N1. The first-order valence-electron chi connectivity index (χ1n) is 8.93. The van der Waals surface area contributed by atoms with Gasteiger partial charge in [-0.05, 0) is 34.6 Å². The average Bonchev–Trinajstić information content (AvgIpc) is 2.96. The van der Waals surface area contributed by atoms with Crippen LogP contribution in [-0.4, -0.2) is 56.7 Å². The Morgan fingerprint density at radius 1 is 1.19 bits per heavy atom. The van der Waals surface area contributed by atoms with Gasteiger partial charge in [-0.1, -0.05) is 24.4 Å². The van der Waals surface area contributed by atoms with E-state index in [-0.39, 0.29) is 25.0 Å². The molecule has 27 heavy (non-hydrogen) atoms. The Balaban J connectivity index is 2.06. The Labute approximate surface area is 171 Å². The highest BCUT2D eigenvalue weighted by molar-refractivity contribution is 7.81. The Hall–Kier alpha value is -1.17. The van der Waals surface area contributed by atoms with Crippen LogP contribution in [0.15, 0.2) is 6.33 Å². The summed E-state index contributed by atoms with van der Waals surface area (Å²) in [6, 6.07) is 0. The van der Waals surface area contributed by atoms with Crippen LogP contribution in [0.5, 0.6) is 0 Å². The van der Waals surface area contributed by atoms with E-state index in [1.165, 1.54) is 0 Å². The van der Waals surface area contributed by atoms with Gasteiger partial charge in [0.1, 0.15) is 23.5 Å². The fourth-order valence-corrected chi connectivity index (χ4v) is 2.85. The third-order valence-electron chi connectivity index (χ3n) is 3.91. The minimum Gasteiger partial charge on any atom is -0.376 e. The fraction of sp³-hybridized carbons (Fsp3) is 0.706. The van der Waals surface area contributed by atoms with Gasteiger partial charge in [0.2, 0.25) is 0 Å². The number of nitrogens with one attached hydrogen (secondary N) is 2. The van der Waals surface area contributed by atoms with Crippen LogP contribution >= 0.6 is 24.4 Å². The van der Waals surface area contributed by atoms with Crippen molar-refractivity contribution in [2.45, 2.75) is 65.4 Å². The number of fused-ring (bicyclic) bond motifs is 1. The molecular formula is C17H29N5O3S2. The van der Waals surface area contributed by atoms with Crippen molar-refractivity contribution in [3.8, 4) is 0 Å². The molecule has 0 aromatic carbocycles. The molecule has 0 saturated heterocycles. The summed E-state index contributed by atoms with van der Waals surface area (Å²) in [6.07, 6.45) is 1.68. The first-order chi connectivity index (χ1) is 12.6. The van der Waals surface area contributed by atoms with Gasteiger partial charge in [0.15, 0.2) is 11.6 Å². The Bertz CT molecular complexity index is 668. The van der Waals surface area contributed by atoms with Crippen LogP contribution in [0.3, 0.4) is 0 Å². The zero-order valence-electron chi connectivity index (χ0n) is 16.4. The van der Waals surface area contributed by atoms with Gasteiger partial charge in [0.25, 0.3) is 0 Å². The summed E-state index contributed by atoms with van der Waals surface area (Å²) in [5, 5.41) is 6.13. The second kappa shape index (κ2) is 9.35. The van der Waals surface area contributed by atoms with Crippen LogP contribution in [0, 0.1) is 0 Å². The first-order valence-corrected chi connectivity index (χ1v) is 9.74. The van der Waals surface area contributed by atoms with Gasteiger partial charge < -0.3 is 29.4 Å². The first kappa shape index (κ1) is 22.1. The maximum Gasteiger partial charge on any atom is 0.197 e. The van der Waals surface area contributed by atoms with Gasteiger partial charge in [-0.15, -0.1) is 0 Å². The number of aromatic nitrogens is 2. The predicted molar refractivity (Wildman–Crippen MR) is 113 cm³/mol. The zero-order valence-corrected chi connectivity index (χ0v) is 18.1. The van der Waals surface area contributed by atoms with Crippen molar-refractivity contribution in [2.24, 2.45) is 5.73 Å².